The maximum Gasteiger partial charge on any atom is 0.315 e. The molecule has 1 aliphatic rings. The second-order valence-electron chi connectivity index (χ2n) is 5.91. The molecule has 25 heavy (non-hydrogen) atoms. The van der Waals surface area contributed by atoms with Gasteiger partial charge in [0.1, 0.15) is 17.8 Å². The van der Waals surface area contributed by atoms with Gasteiger partial charge in [-0.1, -0.05) is 18.2 Å². The summed E-state index contributed by atoms with van der Waals surface area (Å²) in [6.45, 7) is 3.67. The number of ether oxygens (including phenoxy) is 1. The van der Waals surface area contributed by atoms with Crippen molar-refractivity contribution in [1.29, 1.82) is 0 Å². The number of amides is 4. The Hall–Kier alpha value is -2.77. The standard InChI is InChI=1S/C17H24N4O4/c1-10(19-15(22)11(2)20-17(24)18-3)16(23)21-13-8-9-25-14-7-5-4-6-12(13)14/h4-7,10-11,13H,8-9H2,1-3H3,(H,19,22)(H,21,23)(H2,18,20,24)/t10-,11-,13+/m0/s1. The summed E-state index contributed by atoms with van der Waals surface area (Å²) in [5.74, 6) is 0.0416. The summed E-state index contributed by atoms with van der Waals surface area (Å²) < 4.78 is 5.57. The van der Waals surface area contributed by atoms with Crippen LogP contribution in [0.3, 0.4) is 0 Å². The third-order valence-electron chi connectivity index (χ3n) is 4.00. The van der Waals surface area contributed by atoms with Gasteiger partial charge in [0.25, 0.3) is 0 Å². The summed E-state index contributed by atoms with van der Waals surface area (Å²) in [7, 11) is 1.46. The molecule has 1 aromatic carbocycles. The van der Waals surface area contributed by atoms with Crippen LogP contribution < -0.4 is 26.0 Å². The summed E-state index contributed by atoms with van der Waals surface area (Å²) >= 11 is 0. The summed E-state index contributed by atoms with van der Waals surface area (Å²) in [4.78, 5) is 35.7. The molecule has 0 unspecified atom stereocenters. The molecule has 0 saturated carbocycles. The van der Waals surface area contributed by atoms with Gasteiger partial charge in [-0.05, 0) is 19.9 Å². The molecule has 0 saturated heterocycles. The largest absolute Gasteiger partial charge is 0.493 e. The van der Waals surface area contributed by atoms with E-state index in [1.807, 2.05) is 24.3 Å². The topological polar surface area (TPSA) is 109 Å². The summed E-state index contributed by atoms with van der Waals surface area (Å²) in [5, 5.41) is 10.4. The van der Waals surface area contributed by atoms with Crippen LogP contribution in [-0.2, 0) is 9.59 Å². The van der Waals surface area contributed by atoms with Crippen LogP contribution in [0.5, 0.6) is 5.75 Å². The Labute approximate surface area is 146 Å². The van der Waals surface area contributed by atoms with Crippen molar-refractivity contribution in [3.63, 3.8) is 0 Å². The highest BCUT2D eigenvalue weighted by atomic mass is 16.5. The smallest absolute Gasteiger partial charge is 0.315 e. The number of carbonyl (C=O) groups is 3. The number of benzene rings is 1. The second kappa shape index (κ2) is 8.36. The third-order valence-corrected chi connectivity index (χ3v) is 4.00. The highest BCUT2D eigenvalue weighted by Crippen LogP contribution is 2.31. The van der Waals surface area contributed by atoms with Crippen molar-refractivity contribution in [2.75, 3.05) is 13.7 Å². The highest BCUT2D eigenvalue weighted by molar-refractivity contribution is 5.91. The van der Waals surface area contributed by atoms with E-state index in [0.29, 0.717) is 13.0 Å². The van der Waals surface area contributed by atoms with Gasteiger partial charge < -0.3 is 26.0 Å². The molecule has 0 bridgehead atoms. The molecule has 3 atom stereocenters. The van der Waals surface area contributed by atoms with Crippen LogP contribution in [0.15, 0.2) is 24.3 Å². The fraction of sp³-hybridized carbons (Fsp3) is 0.471. The molecule has 0 spiro atoms. The van der Waals surface area contributed by atoms with Crippen molar-refractivity contribution in [1.82, 2.24) is 21.3 Å². The zero-order valence-electron chi connectivity index (χ0n) is 14.6. The average molecular weight is 348 g/mol. The monoisotopic (exact) mass is 348 g/mol. The van der Waals surface area contributed by atoms with Crippen LogP contribution in [0.4, 0.5) is 4.79 Å². The first-order valence-corrected chi connectivity index (χ1v) is 8.23. The Kier molecular flexibility index (Phi) is 6.21. The van der Waals surface area contributed by atoms with Gasteiger partial charge in [0, 0.05) is 19.0 Å². The molecule has 1 heterocycles. The van der Waals surface area contributed by atoms with Gasteiger partial charge in [-0.2, -0.15) is 0 Å². The number of urea groups is 1. The minimum Gasteiger partial charge on any atom is -0.493 e. The van der Waals surface area contributed by atoms with E-state index in [1.165, 1.54) is 7.05 Å². The molecular weight excluding hydrogens is 324 g/mol. The van der Waals surface area contributed by atoms with Crippen LogP contribution in [-0.4, -0.2) is 43.6 Å². The first-order valence-electron chi connectivity index (χ1n) is 8.23. The molecule has 136 valence electrons. The van der Waals surface area contributed by atoms with E-state index in [1.54, 1.807) is 13.8 Å². The normalized spacial score (nSPS) is 18.0. The SMILES string of the molecule is CNC(=O)N[C@@H](C)C(=O)N[C@@H](C)C(=O)N[C@@H]1CCOc2ccccc21. The molecule has 1 aliphatic heterocycles. The predicted molar refractivity (Wildman–Crippen MR) is 92.1 cm³/mol. The van der Waals surface area contributed by atoms with E-state index in [2.05, 4.69) is 21.3 Å². The van der Waals surface area contributed by atoms with Crippen LogP contribution in [0.1, 0.15) is 31.9 Å². The lowest BCUT2D eigenvalue weighted by atomic mass is 10.0. The minimum atomic E-state index is -0.751. The molecule has 0 aliphatic carbocycles. The van der Waals surface area contributed by atoms with Crippen LogP contribution in [0, 0.1) is 0 Å². The van der Waals surface area contributed by atoms with Gasteiger partial charge in [-0.3, -0.25) is 9.59 Å². The first-order chi connectivity index (χ1) is 11.9. The molecule has 0 fully saturated rings. The number of hydrogen-bond donors (Lipinski definition) is 4. The maximum atomic E-state index is 12.4. The lowest BCUT2D eigenvalue weighted by Gasteiger charge is -2.28. The van der Waals surface area contributed by atoms with Gasteiger partial charge in [-0.15, -0.1) is 0 Å². The van der Waals surface area contributed by atoms with Gasteiger partial charge in [0.05, 0.1) is 12.6 Å². The molecule has 4 N–H and O–H groups in total. The quantitative estimate of drug-likeness (QED) is 0.619. The van der Waals surface area contributed by atoms with Crippen LogP contribution in [0.25, 0.3) is 0 Å². The van der Waals surface area contributed by atoms with E-state index < -0.39 is 24.0 Å². The minimum absolute atomic E-state index is 0.154. The van der Waals surface area contributed by atoms with Crippen LogP contribution >= 0.6 is 0 Å². The molecule has 0 radical (unpaired) electrons. The molecule has 2 rings (SSSR count). The summed E-state index contributed by atoms with van der Waals surface area (Å²) in [6.07, 6.45) is 0.665. The number of para-hydroxylation sites is 1. The summed E-state index contributed by atoms with van der Waals surface area (Å²) in [6, 6.07) is 5.46. The number of fused-ring (bicyclic) bond motifs is 1. The Balaban J connectivity index is 1.91. The number of carbonyl (C=O) groups excluding carboxylic acids is 3. The molecule has 0 aromatic heterocycles. The predicted octanol–water partition coefficient (Wildman–Crippen LogP) is 0.449. The van der Waals surface area contributed by atoms with Crippen molar-refractivity contribution in [2.24, 2.45) is 0 Å². The average Bonchev–Trinajstić information content (AvgIpc) is 2.61. The zero-order valence-corrected chi connectivity index (χ0v) is 14.6. The Morgan fingerprint density at radius 2 is 1.76 bits per heavy atom. The van der Waals surface area contributed by atoms with Gasteiger partial charge in [0.15, 0.2) is 0 Å². The van der Waals surface area contributed by atoms with Crippen LogP contribution in [0.2, 0.25) is 0 Å². The fourth-order valence-electron chi connectivity index (χ4n) is 2.53. The highest BCUT2D eigenvalue weighted by Gasteiger charge is 2.26. The Morgan fingerprint density at radius 3 is 2.48 bits per heavy atom. The van der Waals surface area contributed by atoms with Crippen molar-refractivity contribution in [2.45, 2.75) is 38.4 Å². The van der Waals surface area contributed by atoms with Crippen molar-refractivity contribution < 1.29 is 19.1 Å². The van der Waals surface area contributed by atoms with Gasteiger partial charge >= 0.3 is 6.03 Å². The first kappa shape index (κ1) is 18.6. The van der Waals surface area contributed by atoms with E-state index in [4.69, 9.17) is 4.74 Å². The van der Waals surface area contributed by atoms with E-state index in [0.717, 1.165) is 11.3 Å². The second-order valence-corrected chi connectivity index (χ2v) is 5.91. The molecule has 8 heteroatoms. The van der Waals surface area contributed by atoms with E-state index >= 15 is 0 Å². The van der Waals surface area contributed by atoms with Gasteiger partial charge in [0.2, 0.25) is 11.8 Å². The van der Waals surface area contributed by atoms with Crippen molar-refractivity contribution in [3.05, 3.63) is 29.8 Å². The fourth-order valence-corrected chi connectivity index (χ4v) is 2.53. The molecule has 4 amide bonds. The molecule has 1 aromatic rings. The van der Waals surface area contributed by atoms with Gasteiger partial charge in [-0.25, -0.2) is 4.79 Å². The van der Waals surface area contributed by atoms with Crippen molar-refractivity contribution in [3.8, 4) is 5.75 Å². The maximum absolute atomic E-state index is 12.4. The lowest BCUT2D eigenvalue weighted by Crippen LogP contribution is -2.53. The third kappa shape index (κ3) is 4.85. The molecular formula is C17H24N4O4. The number of hydrogen-bond acceptors (Lipinski definition) is 4. The Morgan fingerprint density at radius 1 is 1.08 bits per heavy atom. The lowest BCUT2D eigenvalue weighted by molar-refractivity contribution is -0.129. The van der Waals surface area contributed by atoms with E-state index in [9.17, 15) is 14.4 Å². The van der Waals surface area contributed by atoms with Crippen molar-refractivity contribution >= 4 is 17.8 Å². The number of rotatable bonds is 5. The van der Waals surface area contributed by atoms with E-state index in [-0.39, 0.29) is 11.9 Å². The molecule has 8 nitrogen and oxygen atoms in total. The number of nitrogens with one attached hydrogen (secondary N) is 4. The Bertz CT molecular complexity index is 649. The summed E-state index contributed by atoms with van der Waals surface area (Å²) in [5.41, 5.74) is 0.926. The zero-order chi connectivity index (χ0) is 18.4.